The van der Waals surface area contributed by atoms with Gasteiger partial charge in [0.15, 0.2) is 0 Å². The Labute approximate surface area is 99.1 Å². The molecule has 0 aliphatic carbocycles. The number of aromatic nitrogens is 4. The van der Waals surface area contributed by atoms with Gasteiger partial charge in [-0.15, -0.1) is 0 Å². The minimum Gasteiger partial charge on any atom is -0.351 e. The van der Waals surface area contributed by atoms with Crippen molar-refractivity contribution in [3.05, 3.63) is 36.2 Å². The maximum atomic E-state index is 11.6. The maximum absolute atomic E-state index is 11.6. The predicted octanol–water partition coefficient (Wildman–Crippen LogP) is 0.735. The number of aryl methyl sites for hydroxylation is 2. The largest absolute Gasteiger partial charge is 0.351 e. The molecule has 0 radical (unpaired) electrons. The van der Waals surface area contributed by atoms with Gasteiger partial charge in [0, 0.05) is 31.2 Å². The molecule has 0 aliphatic heterocycles. The number of hydrogen-bond donors (Lipinski definition) is 2. The van der Waals surface area contributed by atoms with Crippen molar-refractivity contribution < 1.29 is 4.79 Å². The molecular weight excluding hydrogens is 218 g/mol. The fraction of sp³-hybridized carbons (Fsp3) is 0.364. The van der Waals surface area contributed by atoms with E-state index in [1.165, 1.54) is 0 Å². The summed E-state index contributed by atoms with van der Waals surface area (Å²) in [5.41, 5.74) is 1.32. The van der Waals surface area contributed by atoms with Crippen molar-refractivity contribution in [2.24, 2.45) is 0 Å². The van der Waals surface area contributed by atoms with Crippen molar-refractivity contribution in [1.29, 1.82) is 0 Å². The smallest absolute Gasteiger partial charge is 0.271 e. The molecule has 2 rings (SSSR count). The van der Waals surface area contributed by atoms with Crippen LogP contribution in [0.4, 0.5) is 0 Å². The minimum absolute atomic E-state index is 0.139. The number of H-pyrrole nitrogens is 1. The van der Waals surface area contributed by atoms with Gasteiger partial charge >= 0.3 is 0 Å². The summed E-state index contributed by atoms with van der Waals surface area (Å²) >= 11 is 0. The van der Waals surface area contributed by atoms with Gasteiger partial charge in [0.25, 0.3) is 5.91 Å². The zero-order chi connectivity index (χ0) is 12.1. The van der Waals surface area contributed by atoms with Gasteiger partial charge in [0.2, 0.25) is 0 Å². The standard InChI is InChI=1S/C11H15N5O/c1-9-7-10(15-14-9)11(17)13-3-2-5-16-6-4-12-8-16/h4,6-8H,2-3,5H2,1H3,(H,13,17)(H,14,15). The number of amides is 1. The maximum Gasteiger partial charge on any atom is 0.271 e. The Bertz CT molecular complexity index is 474. The van der Waals surface area contributed by atoms with Gasteiger partial charge in [-0.25, -0.2) is 4.98 Å². The summed E-state index contributed by atoms with van der Waals surface area (Å²) in [5.74, 6) is -0.139. The number of aromatic amines is 1. The topological polar surface area (TPSA) is 75.6 Å². The average Bonchev–Trinajstić information content (AvgIpc) is 2.95. The summed E-state index contributed by atoms with van der Waals surface area (Å²) in [7, 11) is 0. The molecule has 0 atom stereocenters. The second-order valence-electron chi connectivity index (χ2n) is 3.85. The Kier molecular flexibility index (Phi) is 3.54. The number of carbonyl (C=O) groups excluding carboxylic acids is 1. The van der Waals surface area contributed by atoms with Crippen LogP contribution in [0.25, 0.3) is 0 Å². The van der Waals surface area contributed by atoms with Crippen molar-refractivity contribution in [3.8, 4) is 0 Å². The lowest BCUT2D eigenvalue weighted by atomic mass is 10.3. The van der Waals surface area contributed by atoms with Crippen LogP contribution in [0.3, 0.4) is 0 Å². The van der Waals surface area contributed by atoms with Gasteiger partial charge in [-0.1, -0.05) is 0 Å². The van der Waals surface area contributed by atoms with Crippen LogP contribution in [0, 0.1) is 6.92 Å². The lowest BCUT2D eigenvalue weighted by molar-refractivity contribution is 0.0947. The Morgan fingerprint density at radius 2 is 2.47 bits per heavy atom. The molecule has 2 aromatic heterocycles. The summed E-state index contributed by atoms with van der Waals surface area (Å²) in [6, 6.07) is 1.73. The zero-order valence-electron chi connectivity index (χ0n) is 9.68. The van der Waals surface area contributed by atoms with Gasteiger partial charge in [-0.05, 0) is 19.4 Å². The molecule has 2 N–H and O–H groups in total. The van der Waals surface area contributed by atoms with E-state index in [0.29, 0.717) is 12.2 Å². The number of nitrogens with zero attached hydrogens (tertiary/aromatic N) is 3. The van der Waals surface area contributed by atoms with E-state index in [9.17, 15) is 4.79 Å². The first-order valence-electron chi connectivity index (χ1n) is 5.51. The number of nitrogens with one attached hydrogen (secondary N) is 2. The first kappa shape index (κ1) is 11.4. The summed E-state index contributed by atoms with van der Waals surface area (Å²) < 4.78 is 1.98. The Balaban J connectivity index is 1.70. The van der Waals surface area contributed by atoms with Gasteiger partial charge in [-0.2, -0.15) is 5.10 Å². The Morgan fingerprint density at radius 3 is 3.12 bits per heavy atom. The van der Waals surface area contributed by atoms with Gasteiger partial charge in [-0.3, -0.25) is 9.89 Å². The van der Waals surface area contributed by atoms with E-state index in [1.807, 2.05) is 17.7 Å². The number of imidazole rings is 1. The molecule has 2 heterocycles. The van der Waals surface area contributed by atoms with Crippen molar-refractivity contribution in [2.75, 3.05) is 6.54 Å². The molecule has 6 heteroatoms. The molecule has 90 valence electrons. The first-order valence-corrected chi connectivity index (χ1v) is 5.51. The third kappa shape index (κ3) is 3.17. The van der Waals surface area contributed by atoms with Crippen LogP contribution < -0.4 is 5.32 Å². The molecule has 0 aromatic carbocycles. The lowest BCUT2D eigenvalue weighted by Gasteiger charge is -2.03. The summed E-state index contributed by atoms with van der Waals surface area (Å²) in [5, 5.41) is 9.45. The van der Waals surface area contributed by atoms with Crippen LogP contribution in [0.2, 0.25) is 0 Å². The number of carbonyl (C=O) groups is 1. The van der Waals surface area contributed by atoms with Crippen molar-refractivity contribution >= 4 is 5.91 Å². The second-order valence-corrected chi connectivity index (χ2v) is 3.85. The van der Waals surface area contributed by atoms with E-state index in [2.05, 4.69) is 20.5 Å². The zero-order valence-corrected chi connectivity index (χ0v) is 9.68. The van der Waals surface area contributed by atoms with Crippen LogP contribution >= 0.6 is 0 Å². The van der Waals surface area contributed by atoms with E-state index in [0.717, 1.165) is 18.7 Å². The first-order chi connectivity index (χ1) is 8.25. The molecule has 0 spiro atoms. The average molecular weight is 233 g/mol. The lowest BCUT2D eigenvalue weighted by Crippen LogP contribution is -2.25. The van der Waals surface area contributed by atoms with Crippen LogP contribution in [-0.2, 0) is 6.54 Å². The molecule has 17 heavy (non-hydrogen) atoms. The van der Waals surface area contributed by atoms with Crippen LogP contribution in [0.5, 0.6) is 0 Å². The molecule has 0 fully saturated rings. The normalized spacial score (nSPS) is 10.4. The molecule has 2 aromatic rings. The number of hydrogen-bond acceptors (Lipinski definition) is 3. The predicted molar refractivity (Wildman–Crippen MR) is 62.5 cm³/mol. The monoisotopic (exact) mass is 233 g/mol. The molecule has 0 aliphatic rings. The van der Waals surface area contributed by atoms with E-state index in [4.69, 9.17) is 0 Å². The molecule has 0 saturated heterocycles. The molecule has 0 unspecified atom stereocenters. The van der Waals surface area contributed by atoms with Gasteiger partial charge in [0.1, 0.15) is 5.69 Å². The molecule has 0 saturated carbocycles. The Morgan fingerprint density at radius 1 is 1.59 bits per heavy atom. The van der Waals surface area contributed by atoms with E-state index in [-0.39, 0.29) is 5.91 Å². The third-order valence-electron chi connectivity index (χ3n) is 2.38. The quantitative estimate of drug-likeness (QED) is 0.748. The summed E-state index contributed by atoms with van der Waals surface area (Å²) in [4.78, 5) is 15.6. The highest BCUT2D eigenvalue weighted by Crippen LogP contribution is 1.97. The molecular formula is C11H15N5O. The SMILES string of the molecule is Cc1cc(C(=O)NCCCn2ccnc2)n[nH]1. The van der Waals surface area contributed by atoms with Crippen LogP contribution in [-0.4, -0.2) is 32.2 Å². The fourth-order valence-electron chi connectivity index (χ4n) is 1.51. The van der Waals surface area contributed by atoms with Crippen LogP contribution in [0.15, 0.2) is 24.8 Å². The van der Waals surface area contributed by atoms with Crippen molar-refractivity contribution in [2.45, 2.75) is 19.9 Å². The van der Waals surface area contributed by atoms with E-state index < -0.39 is 0 Å². The highest BCUT2D eigenvalue weighted by Gasteiger charge is 2.07. The van der Waals surface area contributed by atoms with Crippen molar-refractivity contribution in [3.63, 3.8) is 0 Å². The molecule has 1 amide bonds. The molecule has 0 bridgehead atoms. The van der Waals surface area contributed by atoms with Gasteiger partial charge in [0.05, 0.1) is 6.33 Å². The van der Waals surface area contributed by atoms with Crippen LogP contribution in [0.1, 0.15) is 22.6 Å². The Hall–Kier alpha value is -2.11. The summed E-state index contributed by atoms with van der Waals surface area (Å²) in [6.45, 7) is 3.34. The van der Waals surface area contributed by atoms with E-state index in [1.54, 1.807) is 18.6 Å². The molecule has 6 nitrogen and oxygen atoms in total. The fourth-order valence-corrected chi connectivity index (χ4v) is 1.51. The highest BCUT2D eigenvalue weighted by molar-refractivity contribution is 5.92. The second kappa shape index (κ2) is 5.29. The van der Waals surface area contributed by atoms with E-state index >= 15 is 0 Å². The summed E-state index contributed by atoms with van der Waals surface area (Å²) in [6.07, 6.45) is 6.27. The van der Waals surface area contributed by atoms with Crippen molar-refractivity contribution in [1.82, 2.24) is 25.1 Å². The number of rotatable bonds is 5. The minimum atomic E-state index is -0.139. The van der Waals surface area contributed by atoms with Gasteiger partial charge < -0.3 is 9.88 Å². The third-order valence-corrected chi connectivity index (χ3v) is 2.38. The highest BCUT2D eigenvalue weighted by atomic mass is 16.1.